The molecule has 0 N–H and O–H groups in total. The molecule has 1 amide bonds. The van der Waals surface area contributed by atoms with Gasteiger partial charge in [-0.1, -0.05) is 13.8 Å². The minimum absolute atomic E-state index is 0.0860. The van der Waals surface area contributed by atoms with Gasteiger partial charge >= 0.3 is 15.6 Å². The highest BCUT2D eigenvalue weighted by atomic mass is 32.2. The summed E-state index contributed by atoms with van der Waals surface area (Å²) in [7, 11) is -3.60. The van der Waals surface area contributed by atoms with Crippen molar-refractivity contribution in [1.29, 1.82) is 0 Å². The average molecular weight is 373 g/mol. The summed E-state index contributed by atoms with van der Waals surface area (Å²) in [4.78, 5) is 16.6. The van der Waals surface area contributed by atoms with Crippen LogP contribution in [0, 0.1) is 5.82 Å². The van der Waals surface area contributed by atoms with Crippen molar-refractivity contribution in [3.63, 3.8) is 0 Å². The van der Waals surface area contributed by atoms with Crippen molar-refractivity contribution < 1.29 is 39.8 Å². The van der Waals surface area contributed by atoms with Gasteiger partial charge in [-0.15, -0.1) is 0 Å². The summed E-state index contributed by atoms with van der Waals surface area (Å²) >= 11 is 0. The molecule has 0 aliphatic rings. The molecule has 0 atom stereocenters. The highest BCUT2D eigenvalue weighted by Crippen LogP contribution is 2.34. The Morgan fingerprint density at radius 2 is 1.79 bits per heavy atom. The molecule has 0 saturated carbocycles. The summed E-state index contributed by atoms with van der Waals surface area (Å²) in [5.41, 5.74) is -6.25. The van der Waals surface area contributed by atoms with Crippen LogP contribution in [0.2, 0.25) is 0 Å². The molecule has 6 nitrogen and oxygen atoms in total. The van der Waals surface area contributed by atoms with Crippen molar-refractivity contribution in [3.05, 3.63) is 29.1 Å². The first-order valence-corrected chi connectivity index (χ1v) is 7.89. The highest BCUT2D eigenvalue weighted by molar-refractivity contribution is 7.88. The summed E-state index contributed by atoms with van der Waals surface area (Å²) in [5.74, 6) is -3.54. The fourth-order valence-electron chi connectivity index (χ4n) is 1.68. The van der Waals surface area contributed by atoms with E-state index in [9.17, 15) is 30.8 Å². The van der Waals surface area contributed by atoms with Gasteiger partial charge in [-0.3, -0.25) is 9.63 Å². The lowest BCUT2D eigenvalue weighted by Gasteiger charge is -2.18. The summed E-state index contributed by atoms with van der Waals surface area (Å²) < 4.78 is 77.6. The molecule has 0 aromatic heterocycles. The monoisotopic (exact) mass is 373 g/mol. The van der Waals surface area contributed by atoms with Crippen LogP contribution < -0.4 is 4.18 Å². The smallest absolute Gasteiger partial charge is 0.376 e. The van der Waals surface area contributed by atoms with E-state index in [1.807, 2.05) is 0 Å². The van der Waals surface area contributed by atoms with Crippen LogP contribution in [0.1, 0.15) is 35.7 Å². The molecule has 0 unspecified atom stereocenters. The van der Waals surface area contributed by atoms with Gasteiger partial charge in [-0.05, 0) is 17.5 Å². The van der Waals surface area contributed by atoms with Gasteiger partial charge in [0.25, 0.3) is 5.91 Å². The van der Waals surface area contributed by atoms with Gasteiger partial charge < -0.3 is 4.18 Å². The van der Waals surface area contributed by atoms with Crippen molar-refractivity contribution in [3.8, 4) is 5.75 Å². The normalized spacial score (nSPS) is 12.4. The van der Waals surface area contributed by atoms with Crippen molar-refractivity contribution in [1.82, 2.24) is 5.06 Å². The maximum Gasteiger partial charge on any atom is 0.534 e. The zero-order chi connectivity index (χ0) is 18.9. The van der Waals surface area contributed by atoms with E-state index in [1.165, 1.54) is 20.9 Å². The predicted octanol–water partition coefficient (Wildman–Crippen LogP) is 2.81. The SMILES string of the molecule is CON(C)C(=O)c1cc(C(C)C)c(OS(=O)(=O)C(F)(F)F)cc1F. The molecule has 1 aromatic carbocycles. The molecule has 0 aliphatic carbocycles. The second-order valence-corrected chi connectivity index (χ2v) is 6.53. The number of hydrogen-bond donors (Lipinski definition) is 0. The first kappa shape index (κ1) is 20.2. The Bertz CT molecular complexity index is 731. The van der Waals surface area contributed by atoms with Crippen LogP contribution >= 0.6 is 0 Å². The second-order valence-electron chi connectivity index (χ2n) is 4.99. The molecule has 1 rings (SSSR count). The fraction of sp³-hybridized carbons (Fsp3) is 0.462. The van der Waals surface area contributed by atoms with E-state index in [1.54, 1.807) is 0 Å². The first-order chi connectivity index (χ1) is 10.8. The van der Waals surface area contributed by atoms with Crippen LogP contribution in [0.5, 0.6) is 5.75 Å². The molecule has 11 heteroatoms. The Labute approximate surface area is 136 Å². The summed E-state index contributed by atoms with van der Waals surface area (Å²) in [5, 5.41) is 0.704. The zero-order valence-electron chi connectivity index (χ0n) is 13.1. The van der Waals surface area contributed by atoms with Gasteiger partial charge in [-0.2, -0.15) is 21.6 Å². The van der Waals surface area contributed by atoms with Crippen LogP contribution in [-0.4, -0.2) is 39.1 Å². The van der Waals surface area contributed by atoms with Gasteiger partial charge in [0.1, 0.15) is 11.6 Å². The lowest BCUT2D eigenvalue weighted by atomic mass is 9.99. The van der Waals surface area contributed by atoms with E-state index in [0.29, 0.717) is 11.1 Å². The number of rotatable bonds is 5. The van der Waals surface area contributed by atoms with E-state index < -0.39 is 44.6 Å². The molecule has 0 aliphatic heterocycles. The van der Waals surface area contributed by atoms with E-state index in [4.69, 9.17) is 0 Å². The average Bonchev–Trinajstić information content (AvgIpc) is 2.43. The number of halogens is 4. The molecule has 24 heavy (non-hydrogen) atoms. The standard InChI is InChI=1S/C13H15F4NO5S/c1-7(2)8-5-9(12(19)18(3)22-4)10(14)6-11(8)23-24(20,21)13(15,16)17/h5-7H,1-4H3. The zero-order valence-corrected chi connectivity index (χ0v) is 14.0. The van der Waals surface area contributed by atoms with E-state index in [-0.39, 0.29) is 5.56 Å². The predicted molar refractivity (Wildman–Crippen MR) is 75.2 cm³/mol. The van der Waals surface area contributed by atoms with Crippen LogP contribution in [0.4, 0.5) is 17.6 Å². The quantitative estimate of drug-likeness (QED) is 0.343. The number of hydrogen-bond acceptors (Lipinski definition) is 5. The number of carbonyl (C=O) groups is 1. The first-order valence-electron chi connectivity index (χ1n) is 6.48. The van der Waals surface area contributed by atoms with Gasteiger partial charge in [-0.25, -0.2) is 9.45 Å². The maximum atomic E-state index is 14.1. The van der Waals surface area contributed by atoms with Crippen LogP contribution in [-0.2, 0) is 15.0 Å². The third-order valence-corrected chi connectivity index (χ3v) is 3.96. The number of benzene rings is 1. The molecule has 1 aromatic rings. The number of nitrogens with zero attached hydrogens (tertiary/aromatic N) is 1. The lowest BCUT2D eigenvalue weighted by molar-refractivity contribution is -0.0759. The van der Waals surface area contributed by atoms with Gasteiger partial charge in [0.15, 0.2) is 0 Å². The summed E-state index contributed by atoms with van der Waals surface area (Å²) in [6.45, 7) is 3.02. The van der Waals surface area contributed by atoms with Gasteiger partial charge in [0, 0.05) is 13.1 Å². The Morgan fingerprint density at radius 1 is 1.25 bits per heavy atom. The Hall–Kier alpha value is -1.88. The van der Waals surface area contributed by atoms with E-state index in [0.717, 1.165) is 13.2 Å². The Kier molecular flexibility index (Phi) is 5.82. The molecular weight excluding hydrogens is 358 g/mol. The third kappa shape index (κ3) is 4.15. The number of amides is 1. The van der Waals surface area contributed by atoms with Crippen LogP contribution in [0.15, 0.2) is 12.1 Å². The molecular formula is C13H15F4NO5S. The summed E-state index contributed by atoms with van der Waals surface area (Å²) in [6, 6.07) is 1.36. The largest absolute Gasteiger partial charge is 0.534 e. The molecule has 0 heterocycles. The molecule has 0 radical (unpaired) electrons. The molecule has 0 fully saturated rings. The van der Waals surface area contributed by atoms with Crippen LogP contribution in [0.3, 0.4) is 0 Å². The van der Waals surface area contributed by atoms with E-state index in [2.05, 4.69) is 9.02 Å². The number of hydroxylamine groups is 2. The van der Waals surface area contributed by atoms with Crippen molar-refractivity contribution in [2.75, 3.05) is 14.2 Å². The summed E-state index contributed by atoms with van der Waals surface area (Å²) in [6.07, 6.45) is 0. The number of alkyl halides is 3. The molecule has 0 saturated heterocycles. The Balaban J connectivity index is 3.45. The molecule has 0 spiro atoms. The third-order valence-electron chi connectivity index (χ3n) is 2.99. The number of carbonyl (C=O) groups excluding carboxylic acids is 1. The minimum Gasteiger partial charge on any atom is -0.376 e. The maximum absolute atomic E-state index is 14.1. The minimum atomic E-state index is -5.96. The fourth-order valence-corrected chi connectivity index (χ4v) is 2.15. The molecule has 0 bridgehead atoms. The van der Waals surface area contributed by atoms with Gasteiger partial charge in [0.05, 0.1) is 12.7 Å². The van der Waals surface area contributed by atoms with Gasteiger partial charge in [0.2, 0.25) is 0 Å². The van der Waals surface area contributed by atoms with Crippen LogP contribution in [0.25, 0.3) is 0 Å². The second kappa shape index (κ2) is 6.93. The topological polar surface area (TPSA) is 72.9 Å². The lowest BCUT2D eigenvalue weighted by Crippen LogP contribution is -2.29. The van der Waals surface area contributed by atoms with Crippen molar-refractivity contribution in [2.24, 2.45) is 0 Å². The Morgan fingerprint density at radius 3 is 2.21 bits per heavy atom. The molecule has 136 valence electrons. The van der Waals surface area contributed by atoms with Crippen molar-refractivity contribution in [2.45, 2.75) is 25.3 Å². The van der Waals surface area contributed by atoms with Crippen molar-refractivity contribution >= 4 is 16.0 Å². The van der Waals surface area contributed by atoms with E-state index >= 15 is 0 Å². The highest BCUT2D eigenvalue weighted by Gasteiger charge is 2.49.